The molecule has 0 aliphatic heterocycles. The topological polar surface area (TPSA) is 43.4 Å². The van der Waals surface area contributed by atoms with Crippen molar-refractivity contribution in [2.45, 2.75) is 77.1 Å². The second kappa shape index (κ2) is 5.77. The van der Waals surface area contributed by atoms with Gasteiger partial charge in [-0.25, -0.2) is 0 Å². The molecule has 3 aliphatic carbocycles. The van der Waals surface area contributed by atoms with E-state index < -0.39 is 8.32 Å². The second-order valence-corrected chi connectivity index (χ2v) is 14.1. The molecule has 3 rings (SSSR count). The Morgan fingerprint density at radius 3 is 2.54 bits per heavy atom. The molecule has 3 unspecified atom stereocenters. The summed E-state index contributed by atoms with van der Waals surface area (Å²) in [6, 6.07) is 0. The highest BCUT2D eigenvalue weighted by Gasteiger charge is 2.54. The summed E-state index contributed by atoms with van der Waals surface area (Å²) in [6.45, 7) is 11.3. The van der Waals surface area contributed by atoms with E-state index in [0.29, 0.717) is 12.8 Å². The maximum absolute atomic E-state index is 12.4. The Labute approximate surface area is 146 Å². The van der Waals surface area contributed by atoms with Crippen molar-refractivity contribution in [2.75, 3.05) is 0 Å². The van der Waals surface area contributed by atoms with Gasteiger partial charge in [-0.1, -0.05) is 32.4 Å². The average Bonchev–Trinajstić information content (AvgIpc) is 2.53. The minimum Gasteiger partial charge on any atom is -0.412 e. The molecule has 3 atom stereocenters. The quantitative estimate of drug-likeness (QED) is 0.687. The SMILES string of the molecule is CC(C)(C)[Si](C)(C)OC1C2C=CC(=O)CC13CCC(=O)C=C3CC2. The molecule has 0 radical (unpaired) electrons. The lowest BCUT2D eigenvalue weighted by molar-refractivity contribution is -0.122. The maximum Gasteiger partial charge on any atom is 0.192 e. The summed E-state index contributed by atoms with van der Waals surface area (Å²) < 4.78 is 6.92. The first-order chi connectivity index (χ1) is 11.1. The van der Waals surface area contributed by atoms with Crippen molar-refractivity contribution in [3.05, 3.63) is 23.8 Å². The van der Waals surface area contributed by atoms with Crippen molar-refractivity contribution < 1.29 is 14.0 Å². The molecule has 0 amide bonds. The van der Waals surface area contributed by atoms with Gasteiger partial charge in [0.2, 0.25) is 0 Å². The van der Waals surface area contributed by atoms with E-state index in [1.54, 1.807) is 6.08 Å². The van der Waals surface area contributed by atoms with Gasteiger partial charge >= 0.3 is 0 Å². The van der Waals surface area contributed by atoms with Gasteiger partial charge in [0.25, 0.3) is 0 Å². The third kappa shape index (κ3) is 2.88. The zero-order valence-electron chi connectivity index (χ0n) is 15.6. The van der Waals surface area contributed by atoms with Crippen LogP contribution in [0.4, 0.5) is 0 Å². The lowest BCUT2D eigenvalue weighted by Crippen LogP contribution is -2.55. The van der Waals surface area contributed by atoms with Crippen molar-refractivity contribution in [3.63, 3.8) is 0 Å². The molecule has 1 fully saturated rings. The van der Waals surface area contributed by atoms with E-state index in [2.05, 4.69) is 39.9 Å². The molecule has 0 aromatic carbocycles. The molecule has 3 aliphatic rings. The molecular weight excluding hydrogens is 316 g/mol. The minimum absolute atomic E-state index is 0.0363. The Morgan fingerprint density at radius 2 is 1.88 bits per heavy atom. The highest BCUT2D eigenvalue weighted by atomic mass is 28.4. The minimum atomic E-state index is -1.96. The van der Waals surface area contributed by atoms with E-state index in [1.165, 1.54) is 5.57 Å². The van der Waals surface area contributed by atoms with Gasteiger partial charge in [-0.2, -0.15) is 0 Å². The van der Waals surface area contributed by atoms with E-state index in [9.17, 15) is 9.59 Å². The molecule has 1 spiro atoms. The van der Waals surface area contributed by atoms with Gasteiger partial charge in [-0.05, 0) is 49.5 Å². The van der Waals surface area contributed by atoms with Crippen LogP contribution in [0.15, 0.2) is 23.8 Å². The summed E-state index contributed by atoms with van der Waals surface area (Å²) in [5, 5.41) is 0.131. The second-order valence-electron chi connectivity index (χ2n) is 9.30. The van der Waals surface area contributed by atoms with Gasteiger partial charge in [0.1, 0.15) is 0 Å². The van der Waals surface area contributed by atoms with E-state index in [-0.39, 0.29) is 34.0 Å². The first-order valence-corrected chi connectivity index (χ1v) is 12.1. The van der Waals surface area contributed by atoms with E-state index in [4.69, 9.17) is 4.43 Å². The summed E-state index contributed by atoms with van der Waals surface area (Å²) in [7, 11) is -1.96. The van der Waals surface area contributed by atoms with Crippen LogP contribution >= 0.6 is 0 Å². The molecule has 3 nitrogen and oxygen atoms in total. The van der Waals surface area contributed by atoms with Crippen LogP contribution in [0.3, 0.4) is 0 Å². The molecule has 1 saturated carbocycles. The summed E-state index contributed by atoms with van der Waals surface area (Å²) in [5.74, 6) is 0.684. The molecule has 24 heavy (non-hydrogen) atoms. The summed E-state index contributed by atoms with van der Waals surface area (Å²) >= 11 is 0. The van der Waals surface area contributed by atoms with E-state index >= 15 is 0 Å². The first kappa shape index (κ1) is 17.8. The van der Waals surface area contributed by atoms with Gasteiger partial charge < -0.3 is 4.43 Å². The fourth-order valence-corrected chi connectivity index (χ4v) is 5.63. The molecule has 4 heteroatoms. The van der Waals surface area contributed by atoms with Crippen molar-refractivity contribution in [1.29, 1.82) is 0 Å². The third-order valence-corrected chi connectivity index (χ3v) is 11.2. The number of allylic oxidation sites excluding steroid dienone is 2. The van der Waals surface area contributed by atoms with E-state index in [1.807, 2.05) is 6.08 Å². The molecule has 0 aromatic rings. The monoisotopic (exact) mass is 346 g/mol. The number of hydrogen-bond donors (Lipinski definition) is 0. The zero-order valence-corrected chi connectivity index (χ0v) is 16.6. The number of hydrogen-bond acceptors (Lipinski definition) is 3. The molecule has 0 saturated heterocycles. The smallest absolute Gasteiger partial charge is 0.192 e. The van der Waals surface area contributed by atoms with Crippen molar-refractivity contribution in [3.8, 4) is 0 Å². The lowest BCUT2D eigenvalue weighted by Gasteiger charge is -2.53. The summed E-state index contributed by atoms with van der Waals surface area (Å²) in [5.41, 5.74) is 0.920. The number of carbonyl (C=O) groups is 2. The number of ketones is 2. The molecule has 0 heterocycles. The predicted molar refractivity (Wildman–Crippen MR) is 98.3 cm³/mol. The van der Waals surface area contributed by atoms with Crippen LogP contribution in [0, 0.1) is 11.3 Å². The van der Waals surface area contributed by atoms with E-state index in [0.717, 1.165) is 19.3 Å². The van der Waals surface area contributed by atoms with Gasteiger partial charge in [0.05, 0.1) is 6.10 Å². The fourth-order valence-electron chi connectivity index (χ4n) is 4.24. The maximum atomic E-state index is 12.4. The predicted octanol–water partition coefficient (Wildman–Crippen LogP) is 4.59. The lowest BCUT2D eigenvalue weighted by atomic mass is 9.59. The van der Waals surface area contributed by atoms with Gasteiger partial charge in [0, 0.05) is 24.2 Å². The molecule has 0 N–H and O–H groups in total. The van der Waals surface area contributed by atoms with Crippen LogP contribution in [0.1, 0.15) is 52.9 Å². The third-order valence-electron chi connectivity index (χ3n) is 6.72. The Morgan fingerprint density at radius 1 is 1.17 bits per heavy atom. The standard InChI is InChI=1S/C20H30O3Si/c1-19(2,3)24(4,5)23-18-14-6-8-15-12-16(21)10-11-20(15,18)13-17(22)9-7-14/h7,9,12,14,18H,6,8,10-11,13H2,1-5H3. The number of fused-ring (bicyclic) bond motifs is 1. The van der Waals surface area contributed by atoms with Gasteiger partial charge in [0.15, 0.2) is 19.9 Å². The number of rotatable bonds is 2. The van der Waals surface area contributed by atoms with Crippen LogP contribution < -0.4 is 0 Å². The summed E-state index contributed by atoms with van der Waals surface area (Å²) in [6.07, 6.45) is 9.42. The molecule has 0 aromatic heterocycles. The average molecular weight is 347 g/mol. The normalized spacial score (nSPS) is 33.8. The highest BCUT2D eigenvalue weighted by Crippen LogP contribution is 2.55. The molecule has 132 valence electrons. The first-order valence-electron chi connectivity index (χ1n) is 9.18. The van der Waals surface area contributed by atoms with Crippen LogP contribution in [0.2, 0.25) is 18.1 Å². The fraction of sp³-hybridized carbons (Fsp3) is 0.700. The Hall–Kier alpha value is -1.00. The van der Waals surface area contributed by atoms with Crippen LogP contribution in [-0.4, -0.2) is 26.0 Å². The van der Waals surface area contributed by atoms with Crippen LogP contribution in [0.25, 0.3) is 0 Å². The Balaban J connectivity index is 2.05. The van der Waals surface area contributed by atoms with Crippen molar-refractivity contribution >= 4 is 19.9 Å². The Kier molecular flexibility index (Phi) is 4.28. The molecule has 2 bridgehead atoms. The largest absolute Gasteiger partial charge is 0.412 e. The summed E-state index contributed by atoms with van der Waals surface area (Å²) in [4.78, 5) is 24.4. The highest BCUT2D eigenvalue weighted by molar-refractivity contribution is 6.74. The van der Waals surface area contributed by atoms with Crippen molar-refractivity contribution in [1.82, 2.24) is 0 Å². The number of carbonyl (C=O) groups excluding carboxylic acids is 2. The Bertz CT molecular complexity index is 623. The van der Waals surface area contributed by atoms with Crippen LogP contribution in [-0.2, 0) is 14.0 Å². The van der Waals surface area contributed by atoms with Crippen LogP contribution in [0.5, 0.6) is 0 Å². The zero-order chi connectivity index (χ0) is 17.8. The molecular formula is C20H30O3Si. The van der Waals surface area contributed by atoms with Crippen molar-refractivity contribution in [2.24, 2.45) is 11.3 Å². The van der Waals surface area contributed by atoms with Gasteiger partial charge in [-0.3, -0.25) is 9.59 Å². The van der Waals surface area contributed by atoms with Gasteiger partial charge in [-0.15, -0.1) is 0 Å².